The number of benzene rings is 2. The van der Waals surface area contributed by atoms with Gasteiger partial charge in [-0.25, -0.2) is 0 Å². The Labute approximate surface area is 155 Å². The number of Topliss-reactive ketones (excluding diaryl/α,β-unsaturated/α-hetero) is 1. The lowest BCUT2D eigenvalue weighted by Gasteiger charge is -1.98. The van der Waals surface area contributed by atoms with E-state index in [9.17, 15) is 4.79 Å². The van der Waals surface area contributed by atoms with Crippen LogP contribution in [0.3, 0.4) is 0 Å². The summed E-state index contributed by atoms with van der Waals surface area (Å²) >= 11 is 6.81. The summed E-state index contributed by atoms with van der Waals surface area (Å²) in [7, 11) is 0. The van der Waals surface area contributed by atoms with Crippen molar-refractivity contribution in [3.63, 3.8) is 0 Å². The topological polar surface area (TPSA) is 39.4 Å². The van der Waals surface area contributed by atoms with Gasteiger partial charge in [0, 0.05) is 20.6 Å². The van der Waals surface area contributed by atoms with Crippen molar-refractivity contribution in [2.24, 2.45) is 0 Å². The third kappa shape index (κ3) is 2.85. The Morgan fingerprint density at radius 1 is 0.917 bits per heavy atom. The number of ketones is 1. The molecule has 2 aromatic carbocycles. The molecule has 0 spiro atoms. The largest absolute Gasteiger partial charge is 0.457 e. The van der Waals surface area contributed by atoms with Crippen LogP contribution in [0.4, 0.5) is 0 Å². The Hall–Kier alpha value is -2.11. The van der Waals surface area contributed by atoms with Gasteiger partial charge < -0.3 is 9.15 Å². The minimum absolute atomic E-state index is 0.147. The van der Waals surface area contributed by atoms with Gasteiger partial charge >= 0.3 is 0 Å². The minimum Gasteiger partial charge on any atom is -0.457 e. The number of hydrogen-bond acceptors (Lipinski definition) is 3. The summed E-state index contributed by atoms with van der Waals surface area (Å²) < 4.78 is 13.3. The molecule has 0 aliphatic carbocycles. The van der Waals surface area contributed by atoms with Gasteiger partial charge in [-0.3, -0.25) is 4.79 Å². The summed E-state index contributed by atoms with van der Waals surface area (Å²) in [6, 6.07) is 16.9. The highest BCUT2D eigenvalue weighted by Gasteiger charge is 2.27. The zero-order valence-corrected chi connectivity index (χ0v) is 15.4. The standard InChI is InChI=1S/C19H10Br2O3/c20-12-3-1-2-11(8-12)16-7-5-14(23-16)10-18-19(22)15-9-13(21)4-6-17(15)24-18/h1-10H/b18-10-. The molecule has 0 N–H and O–H groups in total. The second-order valence-electron chi connectivity index (χ2n) is 5.29. The summed E-state index contributed by atoms with van der Waals surface area (Å²) in [4.78, 5) is 12.4. The Morgan fingerprint density at radius 3 is 2.58 bits per heavy atom. The van der Waals surface area contributed by atoms with E-state index in [-0.39, 0.29) is 11.5 Å². The lowest BCUT2D eigenvalue weighted by molar-refractivity contribution is 0.101. The molecule has 0 radical (unpaired) electrons. The lowest BCUT2D eigenvalue weighted by Crippen LogP contribution is -1.97. The van der Waals surface area contributed by atoms with E-state index in [0.717, 1.165) is 20.3 Å². The first-order chi connectivity index (χ1) is 11.6. The van der Waals surface area contributed by atoms with Gasteiger partial charge in [0.15, 0.2) is 5.76 Å². The van der Waals surface area contributed by atoms with Crippen LogP contribution in [0.2, 0.25) is 0 Å². The maximum atomic E-state index is 12.4. The van der Waals surface area contributed by atoms with E-state index >= 15 is 0 Å². The van der Waals surface area contributed by atoms with E-state index < -0.39 is 0 Å². The molecule has 0 atom stereocenters. The zero-order chi connectivity index (χ0) is 16.7. The van der Waals surface area contributed by atoms with E-state index in [0.29, 0.717) is 17.1 Å². The minimum atomic E-state index is -0.147. The van der Waals surface area contributed by atoms with Crippen LogP contribution in [-0.2, 0) is 0 Å². The van der Waals surface area contributed by atoms with Crippen molar-refractivity contribution >= 4 is 43.7 Å². The van der Waals surface area contributed by atoms with Gasteiger partial charge in [0.05, 0.1) is 5.56 Å². The van der Waals surface area contributed by atoms with E-state index in [2.05, 4.69) is 31.9 Å². The molecule has 2 heterocycles. The molecule has 3 aromatic rings. The van der Waals surface area contributed by atoms with E-state index in [1.807, 2.05) is 42.5 Å². The predicted octanol–water partition coefficient (Wildman–Crippen LogP) is 6.09. The molecular formula is C19H10Br2O3. The molecule has 0 bridgehead atoms. The smallest absolute Gasteiger partial charge is 0.232 e. The van der Waals surface area contributed by atoms with Gasteiger partial charge in [0.1, 0.15) is 17.3 Å². The van der Waals surface area contributed by atoms with E-state index in [4.69, 9.17) is 9.15 Å². The number of carbonyl (C=O) groups excluding carboxylic acids is 1. The van der Waals surface area contributed by atoms with Gasteiger partial charge in [0.2, 0.25) is 5.78 Å². The summed E-state index contributed by atoms with van der Waals surface area (Å²) in [6.45, 7) is 0. The van der Waals surface area contributed by atoms with Gasteiger partial charge in [0.25, 0.3) is 0 Å². The highest BCUT2D eigenvalue weighted by atomic mass is 79.9. The number of fused-ring (bicyclic) bond motifs is 1. The van der Waals surface area contributed by atoms with Crippen molar-refractivity contribution < 1.29 is 13.9 Å². The fourth-order valence-electron chi connectivity index (χ4n) is 2.52. The molecule has 1 aliphatic heterocycles. The van der Waals surface area contributed by atoms with Crippen molar-refractivity contribution in [3.05, 3.63) is 80.6 Å². The average molecular weight is 446 g/mol. The fraction of sp³-hybridized carbons (Fsp3) is 0. The Kier molecular flexibility index (Phi) is 3.90. The summed E-state index contributed by atoms with van der Waals surface area (Å²) in [5.41, 5.74) is 1.51. The second kappa shape index (κ2) is 6.07. The van der Waals surface area contributed by atoms with Gasteiger partial charge in [-0.1, -0.05) is 44.0 Å². The molecule has 0 amide bonds. The van der Waals surface area contributed by atoms with Crippen molar-refractivity contribution in [2.45, 2.75) is 0 Å². The lowest BCUT2D eigenvalue weighted by atomic mass is 10.1. The Bertz CT molecular complexity index is 986. The molecule has 5 heteroatoms. The average Bonchev–Trinajstić information content (AvgIpc) is 3.14. The number of rotatable bonds is 2. The molecule has 0 saturated heterocycles. The van der Waals surface area contributed by atoms with Crippen LogP contribution < -0.4 is 4.74 Å². The molecule has 1 aliphatic rings. The Morgan fingerprint density at radius 2 is 1.75 bits per heavy atom. The normalized spacial score (nSPS) is 14.8. The zero-order valence-electron chi connectivity index (χ0n) is 12.3. The van der Waals surface area contributed by atoms with Crippen LogP contribution in [0.25, 0.3) is 17.4 Å². The number of hydrogen-bond donors (Lipinski definition) is 0. The SMILES string of the molecule is O=C1/C(=C/c2ccc(-c3cccc(Br)c3)o2)Oc2ccc(Br)cc21. The number of halogens is 2. The van der Waals surface area contributed by atoms with Crippen molar-refractivity contribution in [2.75, 3.05) is 0 Å². The van der Waals surface area contributed by atoms with Crippen molar-refractivity contribution in [3.8, 4) is 17.1 Å². The summed E-state index contributed by atoms with van der Waals surface area (Å²) in [6.07, 6.45) is 1.62. The Balaban J connectivity index is 1.65. The van der Waals surface area contributed by atoms with Crippen LogP contribution in [0.15, 0.2) is 73.7 Å². The van der Waals surface area contributed by atoms with Gasteiger partial charge in [-0.2, -0.15) is 0 Å². The molecule has 3 nitrogen and oxygen atoms in total. The van der Waals surface area contributed by atoms with Gasteiger partial charge in [-0.15, -0.1) is 0 Å². The van der Waals surface area contributed by atoms with Crippen LogP contribution in [-0.4, -0.2) is 5.78 Å². The fourth-order valence-corrected chi connectivity index (χ4v) is 3.28. The monoisotopic (exact) mass is 444 g/mol. The highest BCUT2D eigenvalue weighted by molar-refractivity contribution is 9.10. The maximum Gasteiger partial charge on any atom is 0.232 e. The first-order valence-corrected chi connectivity index (χ1v) is 8.78. The first kappa shape index (κ1) is 15.4. The third-order valence-electron chi connectivity index (χ3n) is 3.64. The predicted molar refractivity (Wildman–Crippen MR) is 98.9 cm³/mol. The molecule has 4 rings (SSSR count). The molecule has 0 unspecified atom stereocenters. The second-order valence-corrected chi connectivity index (χ2v) is 7.12. The van der Waals surface area contributed by atoms with E-state index in [1.54, 1.807) is 18.2 Å². The van der Waals surface area contributed by atoms with E-state index in [1.165, 1.54) is 0 Å². The highest BCUT2D eigenvalue weighted by Crippen LogP contribution is 2.34. The molecule has 0 fully saturated rings. The third-order valence-corrected chi connectivity index (χ3v) is 4.63. The van der Waals surface area contributed by atoms with Crippen LogP contribution in [0.5, 0.6) is 5.75 Å². The summed E-state index contributed by atoms with van der Waals surface area (Å²) in [5, 5.41) is 0. The molecular weight excluding hydrogens is 436 g/mol. The van der Waals surface area contributed by atoms with Crippen molar-refractivity contribution in [1.82, 2.24) is 0 Å². The molecule has 1 aromatic heterocycles. The van der Waals surface area contributed by atoms with Gasteiger partial charge in [-0.05, 0) is 42.5 Å². The first-order valence-electron chi connectivity index (χ1n) is 7.20. The quantitative estimate of drug-likeness (QED) is 0.448. The van der Waals surface area contributed by atoms with Crippen molar-refractivity contribution in [1.29, 1.82) is 0 Å². The molecule has 0 saturated carbocycles. The van der Waals surface area contributed by atoms with Crippen LogP contribution in [0.1, 0.15) is 16.1 Å². The maximum absolute atomic E-state index is 12.4. The summed E-state index contributed by atoms with van der Waals surface area (Å²) in [5.74, 6) is 1.98. The molecule has 24 heavy (non-hydrogen) atoms. The van der Waals surface area contributed by atoms with Crippen LogP contribution in [0, 0.1) is 0 Å². The number of allylic oxidation sites excluding steroid dienone is 1. The number of furan rings is 1. The van der Waals surface area contributed by atoms with Crippen LogP contribution >= 0.6 is 31.9 Å². The number of carbonyl (C=O) groups is 1. The molecule has 118 valence electrons. The number of ether oxygens (including phenoxy) is 1.